The number of benzene rings is 1. The van der Waals surface area contributed by atoms with E-state index in [1.54, 1.807) is 23.5 Å². The summed E-state index contributed by atoms with van der Waals surface area (Å²) in [6.07, 6.45) is 5.59. The van der Waals surface area contributed by atoms with Crippen LogP contribution >= 0.6 is 0 Å². The van der Waals surface area contributed by atoms with Gasteiger partial charge in [0.1, 0.15) is 5.75 Å². The Kier molecular flexibility index (Phi) is 4.97. The number of Topliss-reactive ketones (excluding diaryl/α,β-unsaturated/α-hetero) is 1. The van der Waals surface area contributed by atoms with Crippen LogP contribution in [0.3, 0.4) is 0 Å². The molecule has 1 aliphatic rings. The molecule has 4 heterocycles. The molecule has 1 aromatic carbocycles. The molecule has 0 fully saturated rings. The number of ketones is 1. The predicted octanol–water partition coefficient (Wildman–Crippen LogP) is 1.66. The van der Waals surface area contributed by atoms with E-state index in [1.165, 1.54) is 12.7 Å². The molecule has 0 saturated carbocycles. The molecule has 0 radical (unpaired) electrons. The van der Waals surface area contributed by atoms with E-state index in [4.69, 9.17) is 4.74 Å². The highest BCUT2D eigenvalue weighted by Gasteiger charge is 2.30. The van der Waals surface area contributed by atoms with Crippen LogP contribution in [0.4, 0.5) is 0 Å². The van der Waals surface area contributed by atoms with E-state index in [-0.39, 0.29) is 0 Å². The number of carbonyl (C=O) groups is 2. The molecule has 1 N–H and O–H groups in total. The van der Waals surface area contributed by atoms with Crippen LogP contribution in [0, 0.1) is 0 Å². The van der Waals surface area contributed by atoms with Crippen molar-refractivity contribution in [2.24, 2.45) is 0 Å². The van der Waals surface area contributed by atoms with E-state index >= 15 is 0 Å². The highest BCUT2D eigenvalue weighted by molar-refractivity contribution is 6.46. The van der Waals surface area contributed by atoms with Crippen molar-refractivity contribution in [1.29, 1.82) is 0 Å². The van der Waals surface area contributed by atoms with Crippen molar-refractivity contribution in [1.82, 2.24) is 19.9 Å². The number of fused-ring (bicyclic) bond motifs is 2. The number of hydrogen-bond acceptors (Lipinski definition) is 5. The third-order valence-corrected chi connectivity index (χ3v) is 6.02. The first kappa shape index (κ1) is 20.0. The van der Waals surface area contributed by atoms with Gasteiger partial charge in [-0.15, -0.1) is 0 Å². The SMILES string of the molecule is Bc1ncc(OC)c2c(C(=O)C(=O)N3CCc4c(cccc4-c4ccccn4)C3)c[nH]c12. The molecule has 0 aliphatic carbocycles. The topological polar surface area (TPSA) is 88.2 Å². The molecule has 32 heavy (non-hydrogen) atoms. The van der Waals surface area contributed by atoms with Gasteiger partial charge in [-0.05, 0) is 29.7 Å². The Labute approximate surface area is 185 Å². The average molecular weight is 424 g/mol. The zero-order valence-corrected chi connectivity index (χ0v) is 17.9. The van der Waals surface area contributed by atoms with Crippen LogP contribution in [0.15, 0.2) is 55.0 Å². The number of ether oxygens (including phenoxy) is 1. The Hall–Kier alpha value is -3.94. The number of nitrogens with zero attached hydrogens (tertiary/aromatic N) is 3. The molecule has 0 spiro atoms. The van der Waals surface area contributed by atoms with Crippen LogP contribution in [0.25, 0.3) is 22.2 Å². The minimum atomic E-state index is -0.551. The summed E-state index contributed by atoms with van der Waals surface area (Å²) in [5, 5.41) is 0.591. The fraction of sp³-hybridized carbons (Fsp3) is 0.167. The molecule has 0 saturated heterocycles. The first-order valence-corrected chi connectivity index (χ1v) is 10.4. The van der Waals surface area contributed by atoms with Crippen molar-refractivity contribution in [2.75, 3.05) is 13.7 Å². The second-order valence-electron chi connectivity index (χ2n) is 7.83. The summed E-state index contributed by atoms with van der Waals surface area (Å²) in [6, 6.07) is 11.9. The van der Waals surface area contributed by atoms with Crippen molar-refractivity contribution in [3.63, 3.8) is 0 Å². The predicted molar refractivity (Wildman–Crippen MR) is 124 cm³/mol. The van der Waals surface area contributed by atoms with Crippen LogP contribution in [-0.4, -0.2) is 53.0 Å². The van der Waals surface area contributed by atoms with Crippen LogP contribution in [0.2, 0.25) is 0 Å². The van der Waals surface area contributed by atoms with Gasteiger partial charge in [-0.3, -0.25) is 19.6 Å². The third-order valence-electron chi connectivity index (χ3n) is 6.02. The molecule has 1 aliphatic heterocycles. The van der Waals surface area contributed by atoms with Crippen molar-refractivity contribution in [2.45, 2.75) is 13.0 Å². The molecule has 1 amide bonds. The van der Waals surface area contributed by atoms with Crippen LogP contribution < -0.4 is 10.3 Å². The lowest BCUT2D eigenvalue weighted by molar-refractivity contribution is -0.127. The number of nitrogens with one attached hydrogen (secondary N) is 1. The number of aromatic amines is 1. The Bertz CT molecular complexity index is 1350. The van der Waals surface area contributed by atoms with E-state index in [0.717, 1.165) is 22.4 Å². The van der Waals surface area contributed by atoms with Gasteiger partial charge in [-0.2, -0.15) is 0 Å². The number of amides is 1. The van der Waals surface area contributed by atoms with Gasteiger partial charge in [-0.25, -0.2) is 0 Å². The smallest absolute Gasteiger partial charge is 0.295 e. The van der Waals surface area contributed by atoms with E-state index in [9.17, 15) is 9.59 Å². The average Bonchev–Trinajstić information content (AvgIpc) is 3.29. The molecular weight excluding hydrogens is 403 g/mol. The van der Waals surface area contributed by atoms with Gasteiger partial charge < -0.3 is 14.6 Å². The molecule has 8 heteroatoms. The number of hydrogen-bond donors (Lipinski definition) is 1. The Morgan fingerprint density at radius 3 is 2.81 bits per heavy atom. The third kappa shape index (κ3) is 3.24. The molecule has 0 bridgehead atoms. The summed E-state index contributed by atoms with van der Waals surface area (Å²) < 4.78 is 5.39. The molecular formula is C24H21BN4O3. The van der Waals surface area contributed by atoms with E-state index in [2.05, 4.69) is 21.0 Å². The largest absolute Gasteiger partial charge is 0.494 e. The summed E-state index contributed by atoms with van der Waals surface area (Å²) in [4.78, 5) is 39.8. The zero-order valence-electron chi connectivity index (χ0n) is 17.9. The lowest BCUT2D eigenvalue weighted by Crippen LogP contribution is -2.40. The summed E-state index contributed by atoms with van der Waals surface area (Å²) >= 11 is 0. The quantitative estimate of drug-likeness (QED) is 0.306. The minimum absolute atomic E-state index is 0.306. The first-order chi connectivity index (χ1) is 15.6. The number of methoxy groups -OCH3 is 1. The van der Waals surface area contributed by atoms with Gasteiger partial charge in [0.15, 0.2) is 7.85 Å². The number of rotatable bonds is 4. The summed E-state index contributed by atoms with van der Waals surface area (Å²) in [6.45, 7) is 0.863. The number of carbonyl (C=O) groups excluding carboxylic acids is 2. The second-order valence-corrected chi connectivity index (χ2v) is 7.83. The maximum Gasteiger partial charge on any atom is 0.295 e. The van der Waals surface area contributed by atoms with Crippen molar-refractivity contribution < 1.29 is 14.3 Å². The van der Waals surface area contributed by atoms with Gasteiger partial charge in [0.2, 0.25) is 0 Å². The van der Waals surface area contributed by atoms with Crippen molar-refractivity contribution in [3.05, 3.63) is 71.7 Å². The van der Waals surface area contributed by atoms with Crippen LogP contribution in [0.5, 0.6) is 5.75 Å². The van der Waals surface area contributed by atoms with Gasteiger partial charge in [0.05, 0.1) is 35.5 Å². The van der Waals surface area contributed by atoms with Crippen molar-refractivity contribution >= 4 is 36.0 Å². The normalized spacial score (nSPS) is 13.1. The maximum absolute atomic E-state index is 13.2. The van der Waals surface area contributed by atoms with Gasteiger partial charge in [0.25, 0.3) is 11.7 Å². The zero-order chi connectivity index (χ0) is 22.2. The van der Waals surface area contributed by atoms with E-state index in [1.807, 2.05) is 38.2 Å². The number of aromatic nitrogens is 3. The van der Waals surface area contributed by atoms with E-state index < -0.39 is 11.7 Å². The minimum Gasteiger partial charge on any atom is -0.494 e. The Morgan fingerprint density at radius 1 is 1.16 bits per heavy atom. The Balaban J connectivity index is 1.45. The van der Waals surface area contributed by atoms with Crippen LogP contribution in [-0.2, 0) is 17.8 Å². The highest BCUT2D eigenvalue weighted by atomic mass is 16.5. The molecule has 3 aromatic heterocycles. The fourth-order valence-electron chi connectivity index (χ4n) is 4.39. The fourth-order valence-corrected chi connectivity index (χ4v) is 4.39. The molecule has 7 nitrogen and oxygen atoms in total. The Morgan fingerprint density at radius 2 is 2.03 bits per heavy atom. The standard InChI is InChI=1S/C24H21BN4O3/c1-32-19-12-28-23(25)21-20(19)17(11-27-21)22(30)24(31)29-10-8-15-14(13-29)5-4-6-16(15)18-7-2-3-9-26-18/h2-7,9,11-12,27H,8,10,13,25H2,1H3. The highest BCUT2D eigenvalue weighted by Crippen LogP contribution is 2.31. The lowest BCUT2D eigenvalue weighted by atomic mass is 9.92. The molecule has 5 rings (SSSR count). The first-order valence-electron chi connectivity index (χ1n) is 10.4. The van der Waals surface area contributed by atoms with Crippen molar-refractivity contribution in [3.8, 4) is 17.0 Å². The number of pyridine rings is 2. The summed E-state index contributed by atoms with van der Waals surface area (Å²) in [7, 11) is 3.37. The maximum atomic E-state index is 13.2. The second kappa shape index (κ2) is 7.96. The van der Waals surface area contributed by atoms with Gasteiger partial charge in [0, 0.05) is 36.6 Å². The molecule has 158 valence electrons. The lowest BCUT2D eigenvalue weighted by Gasteiger charge is -2.29. The van der Waals surface area contributed by atoms with E-state index in [0.29, 0.717) is 41.7 Å². The van der Waals surface area contributed by atoms with Crippen LogP contribution in [0.1, 0.15) is 21.5 Å². The summed E-state index contributed by atoms with van der Waals surface area (Å²) in [5.41, 5.74) is 5.95. The molecule has 4 aromatic rings. The molecule has 0 atom stereocenters. The molecule has 0 unspecified atom stereocenters. The summed E-state index contributed by atoms with van der Waals surface area (Å²) in [5.74, 6) is -0.604. The number of H-pyrrole nitrogens is 1. The monoisotopic (exact) mass is 424 g/mol. The van der Waals surface area contributed by atoms with Gasteiger partial charge in [-0.1, -0.05) is 24.3 Å². The van der Waals surface area contributed by atoms with Gasteiger partial charge >= 0.3 is 0 Å².